The van der Waals surface area contributed by atoms with Crippen LogP contribution in [-0.4, -0.2) is 66.0 Å². The number of hydrogen-bond acceptors (Lipinski definition) is 5. The molecule has 3 rings (SSSR count). The van der Waals surface area contributed by atoms with Crippen LogP contribution in [0.25, 0.3) is 0 Å². The average Bonchev–Trinajstić information content (AvgIpc) is 2.99. The summed E-state index contributed by atoms with van der Waals surface area (Å²) < 4.78 is 5.59. The normalized spacial score (nSPS) is 32.3. The number of amides is 5. The van der Waals surface area contributed by atoms with Gasteiger partial charge in [0.15, 0.2) is 0 Å². The van der Waals surface area contributed by atoms with E-state index in [1.165, 1.54) is 0 Å². The maximum Gasteiger partial charge on any atom is 0.325 e. The smallest absolute Gasteiger partial charge is 0.325 e. The van der Waals surface area contributed by atoms with Crippen LogP contribution >= 0.6 is 0 Å². The second kappa shape index (κ2) is 6.53. The van der Waals surface area contributed by atoms with Crippen molar-refractivity contribution in [2.24, 2.45) is 5.41 Å². The molecule has 1 aliphatic carbocycles. The molecule has 0 aromatic carbocycles. The molecule has 2 aliphatic heterocycles. The molecule has 3 fully saturated rings. The van der Waals surface area contributed by atoms with Gasteiger partial charge in [-0.1, -0.05) is 0 Å². The Bertz CT molecular complexity index is 641. The second-order valence-electron chi connectivity index (χ2n) is 8.17. The molecular formula is C17H26N4O5. The van der Waals surface area contributed by atoms with Crippen molar-refractivity contribution in [1.82, 2.24) is 20.9 Å². The van der Waals surface area contributed by atoms with Crippen LogP contribution in [0.5, 0.6) is 0 Å². The van der Waals surface area contributed by atoms with Crippen LogP contribution in [0.2, 0.25) is 0 Å². The van der Waals surface area contributed by atoms with E-state index < -0.39 is 23.4 Å². The quantitative estimate of drug-likeness (QED) is 0.458. The van der Waals surface area contributed by atoms with Crippen molar-refractivity contribution in [2.75, 3.05) is 19.7 Å². The van der Waals surface area contributed by atoms with Crippen molar-refractivity contribution < 1.29 is 23.9 Å². The Morgan fingerprint density at radius 3 is 2.46 bits per heavy atom. The van der Waals surface area contributed by atoms with E-state index in [9.17, 15) is 19.2 Å². The number of carbonyl (C=O) groups excluding carboxylic acids is 4. The number of nitrogens with zero attached hydrogens (tertiary/aromatic N) is 1. The monoisotopic (exact) mass is 366 g/mol. The number of rotatable bonds is 4. The summed E-state index contributed by atoms with van der Waals surface area (Å²) in [6, 6.07) is -0.500. The molecule has 5 amide bonds. The predicted molar refractivity (Wildman–Crippen MR) is 91.0 cm³/mol. The maximum absolute atomic E-state index is 12.0. The summed E-state index contributed by atoms with van der Waals surface area (Å²) in [4.78, 5) is 48.7. The summed E-state index contributed by atoms with van der Waals surface area (Å²) in [7, 11) is 0. The van der Waals surface area contributed by atoms with Gasteiger partial charge in [-0.15, -0.1) is 0 Å². The largest absolute Gasteiger partial charge is 0.378 e. The Morgan fingerprint density at radius 1 is 1.23 bits per heavy atom. The molecule has 0 radical (unpaired) electrons. The molecule has 0 aromatic heterocycles. The Balaban J connectivity index is 1.37. The van der Waals surface area contributed by atoms with E-state index in [2.05, 4.69) is 16.0 Å². The van der Waals surface area contributed by atoms with Crippen molar-refractivity contribution in [1.29, 1.82) is 0 Å². The van der Waals surface area contributed by atoms with Gasteiger partial charge in [0.1, 0.15) is 5.54 Å². The summed E-state index contributed by atoms with van der Waals surface area (Å²) in [6.45, 7) is 6.04. The summed E-state index contributed by atoms with van der Waals surface area (Å²) in [5.74, 6) is -1.79. The van der Waals surface area contributed by atoms with E-state index >= 15 is 0 Å². The lowest BCUT2D eigenvalue weighted by molar-refractivity contribution is -0.140. The number of carbonyl (C=O) groups is 4. The minimum absolute atomic E-state index is 0.00566. The zero-order valence-electron chi connectivity index (χ0n) is 15.4. The second-order valence-corrected chi connectivity index (χ2v) is 8.17. The summed E-state index contributed by atoms with van der Waals surface area (Å²) in [6.07, 6.45) is 2.90. The highest BCUT2D eigenvalue weighted by Crippen LogP contribution is 2.49. The first-order valence-corrected chi connectivity index (χ1v) is 8.96. The van der Waals surface area contributed by atoms with Crippen LogP contribution in [0.1, 0.15) is 40.0 Å². The first-order valence-electron chi connectivity index (χ1n) is 8.96. The van der Waals surface area contributed by atoms with Gasteiger partial charge in [0.2, 0.25) is 0 Å². The van der Waals surface area contributed by atoms with Crippen molar-refractivity contribution in [3.63, 3.8) is 0 Å². The number of imide groups is 1. The SMILES string of the molecule is CC1CC2(CO1)CC(NC(=O)C(=O)NCCN1C(=O)NC(C)(C)C1=O)C2. The van der Waals surface area contributed by atoms with E-state index in [0.717, 1.165) is 30.8 Å². The van der Waals surface area contributed by atoms with Crippen LogP contribution in [0, 0.1) is 5.41 Å². The van der Waals surface area contributed by atoms with Crippen LogP contribution in [-0.2, 0) is 19.1 Å². The molecule has 144 valence electrons. The summed E-state index contributed by atoms with van der Waals surface area (Å²) in [5, 5.41) is 7.73. The lowest BCUT2D eigenvalue weighted by Crippen LogP contribution is -2.54. The van der Waals surface area contributed by atoms with Gasteiger partial charge in [-0.3, -0.25) is 19.3 Å². The highest BCUT2D eigenvalue weighted by Gasteiger charge is 2.49. The van der Waals surface area contributed by atoms with Crippen molar-refractivity contribution in [3.05, 3.63) is 0 Å². The molecule has 1 atom stereocenters. The molecule has 3 aliphatic rings. The van der Waals surface area contributed by atoms with Crippen LogP contribution in [0.3, 0.4) is 0 Å². The van der Waals surface area contributed by atoms with Gasteiger partial charge in [-0.05, 0) is 40.0 Å². The zero-order valence-corrected chi connectivity index (χ0v) is 15.4. The van der Waals surface area contributed by atoms with Gasteiger partial charge in [-0.2, -0.15) is 0 Å². The maximum atomic E-state index is 12.0. The topological polar surface area (TPSA) is 117 Å². The third-order valence-electron chi connectivity index (χ3n) is 5.36. The third-order valence-corrected chi connectivity index (χ3v) is 5.36. The number of urea groups is 1. The molecule has 1 spiro atoms. The van der Waals surface area contributed by atoms with Gasteiger partial charge in [0.25, 0.3) is 5.91 Å². The average molecular weight is 366 g/mol. The third kappa shape index (κ3) is 3.53. The molecule has 0 aromatic rings. The van der Waals surface area contributed by atoms with E-state index in [1.807, 2.05) is 6.92 Å². The molecule has 1 unspecified atom stereocenters. The molecule has 9 heteroatoms. The summed E-state index contributed by atoms with van der Waals surface area (Å²) >= 11 is 0. The van der Waals surface area contributed by atoms with Crippen molar-refractivity contribution >= 4 is 23.8 Å². The predicted octanol–water partition coefficient (Wildman–Crippen LogP) is -0.493. The molecule has 9 nitrogen and oxygen atoms in total. The highest BCUT2D eigenvalue weighted by molar-refractivity contribution is 6.35. The molecule has 2 saturated heterocycles. The minimum atomic E-state index is -0.944. The fourth-order valence-corrected chi connectivity index (χ4v) is 4.05. The van der Waals surface area contributed by atoms with E-state index in [0.29, 0.717) is 0 Å². The Kier molecular flexibility index (Phi) is 4.68. The summed E-state index contributed by atoms with van der Waals surface area (Å²) in [5.41, 5.74) is -0.787. The zero-order chi connectivity index (χ0) is 19.1. The van der Waals surface area contributed by atoms with E-state index in [4.69, 9.17) is 4.74 Å². The standard InChI is InChI=1S/C17H26N4O5/c1-10-6-17(9-26-10)7-11(8-17)19-13(23)12(22)18-4-5-21-14(24)16(2,3)20-15(21)25/h10-11H,4-9H2,1-3H3,(H,18,22)(H,19,23)(H,20,25). The van der Waals surface area contributed by atoms with Gasteiger partial charge < -0.3 is 20.7 Å². The first kappa shape index (κ1) is 18.6. The molecule has 0 bridgehead atoms. The van der Waals surface area contributed by atoms with Gasteiger partial charge in [0, 0.05) is 24.5 Å². The molecule has 26 heavy (non-hydrogen) atoms. The Labute approximate surface area is 152 Å². The number of hydrogen-bond donors (Lipinski definition) is 3. The number of ether oxygens (including phenoxy) is 1. The fourth-order valence-electron chi connectivity index (χ4n) is 4.05. The Hall–Kier alpha value is -2.16. The lowest BCUT2D eigenvalue weighted by atomic mass is 9.64. The van der Waals surface area contributed by atoms with Gasteiger partial charge >= 0.3 is 17.8 Å². The van der Waals surface area contributed by atoms with Crippen molar-refractivity contribution in [3.8, 4) is 0 Å². The molecule has 3 N–H and O–H groups in total. The van der Waals surface area contributed by atoms with Crippen LogP contribution in [0.4, 0.5) is 4.79 Å². The van der Waals surface area contributed by atoms with Gasteiger partial charge in [0.05, 0.1) is 12.7 Å². The van der Waals surface area contributed by atoms with Crippen LogP contribution in [0.15, 0.2) is 0 Å². The molecule has 2 heterocycles. The van der Waals surface area contributed by atoms with Gasteiger partial charge in [-0.25, -0.2) is 4.79 Å². The Morgan fingerprint density at radius 2 is 1.92 bits per heavy atom. The van der Waals surface area contributed by atoms with E-state index in [-0.39, 0.29) is 36.6 Å². The van der Waals surface area contributed by atoms with E-state index in [1.54, 1.807) is 13.8 Å². The molecular weight excluding hydrogens is 340 g/mol. The lowest BCUT2D eigenvalue weighted by Gasteiger charge is -2.44. The molecule has 1 saturated carbocycles. The fraction of sp³-hybridized carbons (Fsp3) is 0.765. The van der Waals surface area contributed by atoms with Crippen LogP contribution < -0.4 is 16.0 Å². The number of nitrogens with one attached hydrogen (secondary N) is 3. The highest BCUT2D eigenvalue weighted by atomic mass is 16.5. The van der Waals surface area contributed by atoms with Crippen molar-refractivity contribution in [2.45, 2.75) is 57.7 Å². The first-order chi connectivity index (χ1) is 12.1. The minimum Gasteiger partial charge on any atom is -0.378 e.